The molecule has 0 aromatic heterocycles. The SMILES string of the molecule is CCCCC/C=C\C/C=C\CCCCCCCCCCCC(=O)OC[C@H](COC(=O)CCCCCCCCC/C=C\C/C=C\CCCCC)OC(=O)CCCCCCCCCCCCCCCCC. The average Bonchev–Trinajstić information content (AvgIpc) is 3.35. The molecule has 6 nitrogen and oxygen atoms in total. The standard InChI is InChI=1S/C63H114O6/c1-4-7-10-13-16-19-22-25-28-30-31-33-36-38-41-44-47-50-53-56-62(65)68-59-60(69-63(66)57-54-51-48-45-42-39-34-27-24-21-18-15-12-9-6-3)58-67-61(64)55-52-49-46-43-40-37-35-32-29-26-23-20-17-14-11-8-5-2/h16-17,19-20,25-26,28-29,60H,4-15,18,21-24,27,30-59H2,1-3H3/b19-16-,20-17-,28-25-,29-26-/t60-/m0/s1. The maximum atomic E-state index is 12.9. The zero-order valence-electron chi connectivity index (χ0n) is 46.1. The molecule has 0 aromatic rings. The van der Waals surface area contributed by atoms with Gasteiger partial charge < -0.3 is 14.2 Å². The molecule has 69 heavy (non-hydrogen) atoms. The largest absolute Gasteiger partial charge is 0.462 e. The van der Waals surface area contributed by atoms with Crippen LogP contribution in [0.1, 0.15) is 316 Å². The van der Waals surface area contributed by atoms with Crippen LogP contribution in [-0.4, -0.2) is 37.2 Å². The van der Waals surface area contributed by atoms with Crippen molar-refractivity contribution >= 4 is 17.9 Å². The number of hydrogen-bond acceptors (Lipinski definition) is 6. The zero-order chi connectivity index (χ0) is 50.0. The summed E-state index contributed by atoms with van der Waals surface area (Å²) in [6.07, 6.45) is 70.9. The average molecular weight is 968 g/mol. The lowest BCUT2D eigenvalue weighted by Crippen LogP contribution is -2.30. The van der Waals surface area contributed by atoms with Crippen LogP contribution in [0.25, 0.3) is 0 Å². The van der Waals surface area contributed by atoms with Crippen LogP contribution in [-0.2, 0) is 28.6 Å². The highest BCUT2D eigenvalue weighted by Crippen LogP contribution is 2.16. The van der Waals surface area contributed by atoms with Crippen LogP contribution >= 0.6 is 0 Å². The Kier molecular flexibility index (Phi) is 55.7. The van der Waals surface area contributed by atoms with Crippen molar-refractivity contribution in [2.75, 3.05) is 13.2 Å². The third-order valence-corrected chi connectivity index (χ3v) is 13.3. The molecule has 0 aromatic carbocycles. The number of carbonyl (C=O) groups is 3. The summed E-state index contributed by atoms with van der Waals surface area (Å²) < 4.78 is 16.9. The van der Waals surface area contributed by atoms with Gasteiger partial charge in [0, 0.05) is 19.3 Å². The van der Waals surface area contributed by atoms with Crippen molar-refractivity contribution in [3.8, 4) is 0 Å². The molecule has 0 spiro atoms. The molecule has 0 saturated carbocycles. The maximum Gasteiger partial charge on any atom is 0.306 e. The van der Waals surface area contributed by atoms with Gasteiger partial charge in [-0.25, -0.2) is 0 Å². The minimum absolute atomic E-state index is 0.0748. The van der Waals surface area contributed by atoms with Crippen molar-refractivity contribution < 1.29 is 28.6 Å². The van der Waals surface area contributed by atoms with E-state index in [-0.39, 0.29) is 31.1 Å². The zero-order valence-corrected chi connectivity index (χ0v) is 46.1. The van der Waals surface area contributed by atoms with Crippen molar-refractivity contribution in [1.82, 2.24) is 0 Å². The Morgan fingerprint density at radius 2 is 0.522 bits per heavy atom. The fourth-order valence-corrected chi connectivity index (χ4v) is 8.74. The predicted octanol–water partition coefficient (Wildman–Crippen LogP) is 20.2. The fourth-order valence-electron chi connectivity index (χ4n) is 8.74. The number of allylic oxidation sites excluding steroid dienone is 8. The molecule has 0 N–H and O–H groups in total. The van der Waals surface area contributed by atoms with Crippen molar-refractivity contribution in [1.29, 1.82) is 0 Å². The second-order valence-corrected chi connectivity index (χ2v) is 20.3. The van der Waals surface area contributed by atoms with E-state index in [0.717, 1.165) is 77.0 Å². The molecular weight excluding hydrogens is 853 g/mol. The van der Waals surface area contributed by atoms with E-state index in [4.69, 9.17) is 14.2 Å². The second-order valence-electron chi connectivity index (χ2n) is 20.3. The number of carbonyl (C=O) groups excluding carboxylic acids is 3. The third kappa shape index (κ3) is 56.2. The van der Waals surface area contributed by atoms with E-state index < -0.39 is 6.10 Å². The van der Waals surface area contributed by atoms with Gasteiger partial charge in [0.25, 0.3) is 0 Å². The van der Waals surface area contributed by atoms with Gasteiger partial charge in [0.2, 0.25) is 0 Å². The quantitative estimate of drug-likeness (QED) is 0.0262. The van der Waals surface area contributed by atoms with Crippen LogP contribution in [0.5, 0.6) is 0 Å². The van der Waals surface area contributed by atoms with Crippen molar-refractivity contribution in [2.45, 2.75) is 322 Å². The first-order chi connectivity index (χ1) is 34.0. The first-order valence-electron chi connectivity index (χ1n) is 30.1. The Morgan fingerprint density at radius 1 is 0.290 bits per heavy atom. The summed E-state index contributed by atoms with van der Waals surface area (Å²) in [7, 11) is 0. The summed E-state index contributed by atoms with van der Waals surface area (Å²) in [5.74, 6) is -0.868. The number of ether oxygens (including phenoxy) is 3. The molecule has 0 fully saturated rings. The molecule has 0 aliphatic heterocycles. The summed E-state index contributed by atoms with van der Waals surface area (Å²) >= 11 is 0. The van der Waals surface area contributed by atoms with Crippen molar-refractivity contribution in [3.63, 3.8) is 0 Å². The molecule has 0 heterocycles. The van der Waals surface area contributed by atoms with Gasteiger partial charge in [-0.15, -0.1) is 0 Å². The van der Waals surface area contributed by atoms with Gasteiger partial charge in [-0.2, -0.15) is 0 Å². The molecule has 1 atom stereocenters. The molecule has 0 bridgehead atoms. The first-order valence-corrected chi connectivity index (χ1v) is 30.1. The lowest BCUT2D eigenvalue weighted by molar-refractivity contribution is -0.167. The molecule has 0 saturated heterocycles. The number of hydrogen-bond donors (Lipinski definition) is 0. The highest BCUT2D eigenvalue weighted by atomic mass is 16.6. The summed E-state index contributed by atoms with van der Waals surface area (Å²) in [5.41, 5.74) is 0. The van der Waals surface area contributed by atoms with Gasteiger partial charge in [0.15, 0.2) is 6.10 Å². The van der Waals surface area contributed by atoms with E-state index in [2.05, 4.69) is 69.4 Å². The molecular formula is C63H114O6. The monoisotopic (exact) mass is 967 g/mol. The Labute approximate surface area is 428 Å². The van der Waals surface area contributed by atoms with E-state index in [1.54, 1.807) is 0 Å². The van der Waals surface area contributed by atoms with Gasteiger partial charge in [-0.1, -0.05) is 262 Å². The number of rotatable bonds is 55. The fraction of sp³-hybridized carbons (Fsp3) is 0.825. The van der Waals surface area contributed by atoms with E-state index in [9.17, 15) is 14.4 Å². The van der Waals surface area contributed by atoms with Gasteiger partial charge in [0.05, 0.1) is 0 Å². The Bertz CT molecular complexity index is 1200. The van der Waals surface area contributed by atoms with E-state index in [0.29, 0.717) is 19.3 Å². The van der Waals surface area contributed by atoms with Crippen LogP contribution < -0.4 is 0 Å². The molecule has 0 unspecified atom stereocenters. The topological polar surface area (TPSA) is 78.9 Å². The summed E-state index contributed by atoms with van der Waals surface area (Å²) in [5, 5.41) is 0. The Morgan fingerprint density at radius 3 is 0.826 bits per heavy atom. The predicted molar refractivity (Wildman–Crippen MR) is 298 cm³/mol. The minimum atomic E-state index is -0.776. The summed E-state index contributed by atoms with van der Waals surface area (Å²) in [6.45, 7) is 6.62. The van der Waals surface area contributed by atoms with E-state index in [1.165, 1.54) is 199 Å². The second kappa shape index (κ2) is 57.9. The van der Waals surface area contributed by atoms with Crippen LogP contribution in [0.2, 0.25) is 0 Å². The molecule has 6 heteroatoms. The summed E-state index contributed by atoms with van der Waals surface area (Å²) in [6, 6.07) is 0. The molecule has 0 aliphatic rings. The lowest BCUT2D eigenvalue weighted by atomic mass is 10.0. The van der Waals surface area contributed by atoms with Crippen LogP contribution in [0, 0.1) is 0 Å². The van der Waals surface area contributed by atoms with Crippen LogP contribution in [0.4, 0.5) is 0 Å². The molecule has 0 aliphatic carbocycles. The van der Waals surface area contributed by atoms with Gasteiger partial charge in [-0.05, 0) is 83.5 Å². The molecule has 0 radical (unpaired) electrons. The smallest absolute Gasteiger partial charge is 0.306 e. The normalized spacial score (nSPS) is 12.3. The third-order valence-electron chi connectivity index (χ3n) is 13.3. The van der Waals surface area contributed by atoms with Gasteiger partial charge >= 0.3 is 17.9 Å². The minimum Gasteiger partial charge on any atom is -0.462 e. The van der Waals surface area contributed by atoms with Crippen molar-refractivity contribution in [3.05, 3.63) is 48.6 Å². The van der Waals surface area contributed by atoms with E-state index in [1.807, 2.05) is 0 Å². The molecule has 402 valence electrons. The number of esters is 3. The lowest BCUT2D eigenvalue weighted by Gasteiger charge is -2.18. The first kappa shape index (κ1) is 66.4. The highest BCUT2D eigenvalue weighted by Gasteiger charge is 2.19. The Hall–Kier alpha value is -2.63. The van der Waals surface area contributed by atoms with Crippen LogP contribution in [0.3, 0.4) is 0 Å². The molecule has 0 amide bonds. The van der Waals surface area contributed by atoms with Crippen molar-refractivity contribution in [2.24, 2.45) is 0 Å². The van der Waals surface area contributed by atoms with Gasteiger partial charge in [0.1, 0.15) is 13.2 Å². The van der Waals surface area contributed by atoms with Gasteiger partial charge in [-0.3, -0.25) is 14.4 Å². The number of unbranched alkanes of at least 4 members (excludes halogenated alkanes) is 36. The van der Waals surface area contributed by atoms with E-state index >= 15 is 0 Å². The summed E-state index contributed by atoms with van der Waals surface area (Å²) in [4.78, 5) is 38.2. The Balaban J connectivity index is 4.35. The maximum absolute atomic E-state index is 12.9. The van der Waals surface area contributed by atoms with Crippen LogP contribution in [0.15, 0.2) is 48.6 Å². The molecule has 0 rings (SSSR count). The highest BCUT2D eigenvalue weighted by molar-refractivity contribution is 5.71.